The minimum atomic E-state index is -0.770. The van der Waals surface area contributed by atoms with Gasteiger partial charge in [0, 0.05) is 18.8 Å². The Morgan fingerprint density at radius 2 is 2.00 bits per heavy atom. The molecule has 2 N–H and O–H groups in total. The molecule has 0 radical (unpaired) electrons. The van der Waals surface area contributed by atoms with Crippen LogP contribution in [-0.2, 0) is 27.8 Å². The van der Waals surface area contributed by atoms with Crippen molar-refractivity contribution in [3.8, 4) is 0 Å². The highest BCUT2D eigenvalue weighted by Crippen LogP contribution is 2.18. The number of nitrogens with zero attached hydrogens (tertiary/aromatic N) is 2. The van der Waals surface area contributed by atoms with E-state index in [2.05, 4.69) is 15.4 Å². The number of nitrogens with one attached hydrogen (secondary N) is 2. The summed E-state index contributed by atoms with van der Waals surface area (Å²) in [5, 5.41) is 16.0. The summed E-state index contributed by atoms with van der Waals surface area (Å²) < 4.78 is 5.91. The molecule has 28 heavy (non-hydrogen) atoms. The SMILES string of the molecule is COC(=O)C(C)NC(=O)Cc1cccc(NC(=O)c2cc([N+](=O)[O-])cn2C)c1. The van der Waals surface area contributed by atoms with Crippen LogP contribution >= 0.6 is 0 Å². The molecule has 0 spiro atoms. The van der Waals surface area contributed by atoms with Gasteiger partial charge in [0.05, 0.1) is 24.7 Å². The molecule has 0 aliphatic rings. The van der Waals surface area contributed by atoms with Crippen LogP contribution < -0.4 is 10.6 Å². The summed E-state index contributed by atoms with van der Waals surface area (Å²) in [5.41, 5.74) is 0.991. The Bertz CT molecular complexity index is 921. The predicted molar refractivity (Wildman–Crippen MR) is 99.8 cm³/mol. The van der Waals surface area contributed by atoms with Crippen molar-refractivity contribution in [3.05, 3.63) is 57.9 Å². The second-order valence-electron chi connectivity index (χ2n) is 6.10. The fourth-order valence-electron chi connectivity index (χ4n) is 2.54. The van der Waals surface area contributed by atoms with E-state index in [-0.39, 0.29) is 23.7 Å². The Kier molecular flexibility index (Phi) is 6.48. The number of aryl methyl sites for hydroxylation is 1. The molecule has 2 amide bonds. The highest BCUT2D eigenvalue weighted by Gasteiger charge is 2.18. The summed E-state index contributed by atoms with van der Waals surface area (Å²) in [5.74, 6) is -1.44. The third-order valence-corrected chi connectivity index (χ3v) is 3.92. The first-order chi connectivity index (χ1) is 13.2. The molecule has 0 saturated carbocycles. The molecule has 10 heteroatoms. The number of nitro groups is 1. The number of benzene rings is 1. The zero-order chi connectivity index (χ0) is 20.8. The number of anilines is 1. The van der Waals surface area contributed by atoms with E-state index < -0.39 is 22.8 Å². The monoisotopic (exact) mass is 388 g/mol. The van der Waals surface area contributed by atoms with Crippen LogP contribution in [0.5, 0.6) is 0 Å². The highest BCUT2D eigenvalue weighted by molar-refractivity contribution is 6.03. The molecule has 1 aromatic carbocycles. The maximum atomic E-state index is 12.4. The van der Waals surface area contributed by atoms with Crippen LogP contribution in [0.25, 0.3) is 0 Å². The summed E-state index contributed by atoms with van der Waals surface area (Å²) >= 11 is 0. The Balaban J connectivity index is 2.05. The number of hydrogen-bond acceptors (Lipinski definition) is 6. The molecule has 1 atom stereocenters. The quantitative estimate of drug-likeness (QED) is 0.419. The molecule has 1 aromatic heterocycles. The number of carbonyl (C=O) groups excluding carboxylic acids is 3. The molecular weight excluding hydrogens is 368 g/mol. The van der Waals surface area contributed by atoms with Crippen LogP contribution in [0.1, 0.15) is 23.0 Å². The molecule has 10 nitrogen and oxygen atoms in total. The largest absolute Gasteiger partial charge is 0.467 e. The fourth-order valence-corrected chi connectivity index (χ4v) is 2.54. The van der Waals surface area contributed by atoms with Crippen molar-refractivity contribution in [2.24, 2.45) is 7.05 Å². The van der Waals surface area contributed by atoms with E-state index in [1.54, 1.807) is 24.3 Å². The van der Waals surface area contributed by atoms with E-state index in [9.17, 15) is 24.5 Å². The van der Waals surface area contributed by atoms with Gasteiger partial charge in [-0.15, -0.1) is 0 Å². The van der Waals surface area contributed by atoms with Crippen molar-refractivity contribution in [2.45, 2.75) is 19.4 Å². The van der Waals surface area contributed by atoms with Crippen LogP contribution in [0.3, 0.4) is 0 Å². The minimum absolute atomic E-state index is 0.000666. The zero-order valence-electron chi connectivity index (χ0n) is 15.6. The molecule has 0 aliphatic heterocycles. The number of esters is 1. The third kappa shape index (κ3) is 5.16. The van der Waals surface area contributed by atoms with E-state index in [0.29, 0.717) is 11.3 Å². The molecular formula is C18H20N4O6. The number of rotatable bonds is 7. The number of methoxy groups -OCH3 is 1. The summed E-state index contributed by atoms with van der Waals surface area (Å²) in [4.78, 5) is 46.0. The van der Waals surface area contributed by atoms with Crippen molar-refractivity contribution in [2.75, 3.05) is 12.4 Å². The van der Waals surface area contributed by atoms with Crippen molar-refractivity contribution in [1.29, 1.82) is 0 Å². The fraction of sp³-hybridized carbons (Fsp3) is 0.278. The van der Waals surface area contributed by atoms with Crippen molar-refractivity contribution < 1.29 is 24.0 Å². The number of carbonyl (C=O) groups is 3. The number of hydrogen-bond donors (Lipinski definition) is 2. The van der Waals surface area contributed by atoms with E-state index in [1.807, 2.05) is 0 Å². The molecule has 148 valence electrons. The van der Waals surface area contributed by atoms with Crippen molar-refractivity contribution >= 4 is 29.2 Å². The first-order valence-electron chi connectivity index (χ1n) is 8.29. The van der Waals surface area contributed by atoms with Crippen molar-refractivity contribution in [1.82, 2.24) is 9.88 Å². The van der Waals surface area contributed by atoms with Gasteiger partial charge in [-0.2, -0.15) is 0 Å². The first kappa shape index (κ1) is 20.6. The Hall–Kier alpha value is -3.69. The van der Waals surface area contributed by atoms with Crippen LogP contribution in [0, 0.1) is 10.1 Å². The molecule has 1 heterocycles. The highest BCUT2D eigenvalue weighted by atomic mass is 16.6. The molecule has 0 saturated heterocycles. The van der Waals surface area contributed by atoms with E-state index in [4.69, 9.17) is 0 Å². The smallest absolute Gasteiger partial charge is 0.328 e. The standard InChI is InChI=1S/C18H20N4O6/c1-11(18(25)28-3)19-16(23)8-12-5-4-6-13(7-12)20-17(24)15-9-14(22(26)27)10-21(15)2/h4-7,9-11H,8H2,1-3H3,(H,19,23)(H,20,24). The lowest BCUT2D eigenvalue weighted by Crippen LogP contribution is -2.39. The number of amides is 2. The van der Waals surface area contributed by atoms with Gasteiger partial charge in [-0.1, -0.05) is 12.1 Å². The molecule has 2 aromatic rings. The average Bonchev–Trinajstić information content (AvgIpc) is 3.03. The van der Waals surface area contributed by atoms with Crippen LogP contribution in [-0.4, -0.2) is 40.4 Å². The van der Waals surface area contributed by atoms with Gasteiger partial charge < -0.3 is 19.9 Å². The van der Waals surface area contributed by atoms with Crippen LogP contribution in [0.4, 0.5) is 11.4 Å². The van der Waals surface area contributed by atoms with Crippen molar-refractivity contribution in [3.63, 3.8) is 0 Å². The van der Waals surface area contributed by atoms with Gasteiger partial charge in [-0.05, 0) is 24.6 Å². The van der Waals surface area contributed by atoms with Crippen LogP contribution in [0.2, 0.25) is 0 Å². The van der Waals surface area contributed by atoms with E-state index >= 15 is 0 Å². The number of aromatic nitrogens is 1. The normalized spacial score (nSPS) is 11.4. The van der Waals surface area contributed by atoms with Gasteiger partial charge in [0.15, 0.2) is 0 Å². The van der Waals surface area contributed by atoms with E-state index in [1.165, 1.54) is 37.9 Å². The second-order valence-corrected chi connectivity index (χ2v) is 6.10. The average molecular weight is 388 g/mol. The van der Waals surface area contributed by atoms with Crippen LogP contribution in [0.15, 0.2) is 36.5 Å². The summed E-state index contributed by atoms with van der Waals surface area (Å²) in [6.07, 6.45) is 1.25. The van der Waals surface area contributed by atoms with Gasteiger partial charge in [0.1, 0.15) is 11.7 Å². The van der Waals surface area contributed by atoms with Gasteiger partial charge in [-0.25, -0.2) is 4.79 Å². The zero-order valence-corrected chi connectivity index (χ0v) is 15.6. The third-order valence-electron chi connectivity index (χ3n) is 3.92. The number of ether oxygens (including phenoxy) is 1. The molecule has 0 bridgehead atoms. The maximum Gasteiger partial charge on any atom is 0.328 e. The lowest BCUT2D eigenvalue weighted by molar-refractivity contribution is -0.384. The van der Waals surface area contributed by atoms with Gasteiger partial charge >= 0.3 is 5.97 Å². The summed E-state index contributed by atoms with van der Waals surface area (Å²) in [6, 6.07) is 7.01. The second kappa shape index (κ2) is 8.80. The molecule has 0 fully saturated rings. The van der Waals surface area contributed by atoms with Gasteiger partial charge in [0.25, 0.3) is 11.6 Å². The Morgan fingerprint density at radius 3 is 2.61 bits per heavy atom. The maximum absolute atomic E-state index is 12.4. The molecule has 0 aliphatic carbocycles. The predicted octanol–water partition coefficient (Wildman–Crippen LogP) is 1.41. The Morgan fingerprint density at radius 1 is 1.29 bits per heavy atom. The summed E-state index contributed by atoms with van der Waals surface area (Å²) in [7, 11) is 2.77. The molecule has 2 rings (SSSR count). The molecule has 1 unspecified atom stereocenters. The minimum Gasteiger partial charge on any atom is -0.467 e. The van der Waals surface area contributed by atoms with Gasteiger partial charge in [-0.3, -0.25) is 19.7 Å². The first-order valence-corrected chi connectivity index (χ1v) is 8.29. The van der Waals surface area contributed by atoms with E-state index in [0.717, 1.165) is 0 Å². The topological polar surface area (TPSA) is 133 Å². The summed E-state index contributed by atoms with van der Waals surface area (Å²) in [6.45, 7) is 1.51. The Labute approximate surface area is 160 Å². The van der Waals surface area contributed by atoms with Gasteiger partial charge in [0.2, 0.25) is 5.91 Å². The lowest BCUT2D eigenvalue weighted by Gasteiger charge is -2.12. The lowest BCUT2D eigenvalue weighted by atomic mass is 10.1.